The van der Waals surface area contributed by atoms with E-state index in [4.69, 9.17) is 4.74 Å². The van der Waals surface area contributed by atoms with Gasteiger partial charge in [-0.25, -0.2) is 8.78 Å². The zero-order valence-corrected chi connectivity index (χ0v) is 14.1. The fourth-order valence-corrected chi connectivity index (χ4v) is 1.49. The number of hydrogen-bond donors (Lipinski definition) is 0. The van der Waals surface area contributed by atoms with Gasteiger partial charge in [-0.05, 0) is 23.8 Å². The first kappa shape index (κ1) is 18.6. The van der Waals surface area contributed by atoms with E-state index in [1.165, 1.54) is 6.07 Å². The van der Waals surface area contributed by atoms with Crippen LogP contribution in [0.3, 0.4) is 0 Å². The molecule has 2 rings (SSSR count). The summed E-state index contributed by atoms with van der Waals surface area (Å²) < 4.78 is 68.2. The van der Waals surface area contributed by atoms with E-state index in [-0.39, 0.29) is 63.7 Å². The van der Waals surface area contributed by atoms with Crippen LogP contribution in [0.25, 0.3) is 0 Å². The molecule has 0 bridgehead atoms. The van der Waals surface area contributed by atoms with E-state index < -0.39 is 24.1 Å². The zero-order chi connectivity index (χ0) is 14.8. The number of ether oxygens (including phenoxy) is 1. The first-order valence-corrected chi connectivity index (χ1v) is 5.58. The van der Waals surface area contributed by atoms with Crippen LogP contribution in [0.2, 0.25) is 0 Å². The fourth-order valence-electron chi connectivity index (χ4n) is 1.49. The quantitative estimate of drug-likeness (QED) is 0.583. The molecule has 106 valence electrons. The first-order chi connectivity index (χ1) is 9.36. The molecule has 0 saturated heterocycles. The summed E-state index contributed by atoms with van der Waals surface area (Å²) >= 11 is 0. The molecule has 0 saturated carbocycles. The maximum Gasteiger partial charge on any atom is 1.00 e. The molecule has 0 unspecified atom stereocenters. The SMILES string of the molecule is Fc1ccc(COc2cncc([B-](F)(F)F)c2)cc1F.[K+]. The van der Waals surface area contributed by atoms with Crippen LogP contribution in [0.15, 0.2) is 36.7 Å². The van der Waals surface area contributed by atoms with Gasteiger partial charge in [-0.2, -0.15) is 0 Å². The molecular formula is C12H8BF5KNO. The van der Waals surface area contributed by atoms with E-state index in [9.17, 15) is 21.7 Å². The second-order valence-electron chi connectivity index (χ2n) is 4.07. The van der Waals surface area contributed by atoms with E-state index >= 15 is 0 Å². The second kappa shape index (κ2) is 7.68. The van der Waals surface area contributed by atoms with Crippen LogP contribution in [-0.2, 0) is 6.61 Å². The van der Waals surface area contributed by atoms with Crippen molar-refractivity contribution < 1.29 is 77.8 Å². The normalized spacial score (nSPS) is 10.9. The van der Waals surface area contributed by atoms with E-state index in [2.05, 4.69) is 4.98 Å². The molecule has 0 aliphatic rings. The number of pyridine rings is 1. The second-order valence-corrected chi connectivity index (χ2v) is 4.07. The van der Waals surface area contributed by atoms with Gasteiger partial charge in [0.25, 0.3) is 0 Å². The minimum Gasteiger partial charge on any atom is -0.487 e. The topological polar surface area (TPSA) is 22.1 Å². The van der Waals surface area contributed by atoms with Crippen molar-refractivity contribution in [2.75, 3.05) is 0 Å². The Morgan fingerprint density at radius 1 is 1.00 bits per heavy atom. The number of aromatic nitrogens is 1. The van der Waals surface area contributed by atoms with Crippen molar-refractivity contribution in [2.24, 2.45) is 0 Å². The summed E-state index contributed by atoms with van der Waals surface area (Å²) in [6.07, 6.45) is 1.82. The predicted octanol–water partition coefficient (Wildman–Crippen LogP) is -0.00280. The first-order valence-electron chi connectivity index (χ1n) is 5.58. The summed E-state index contributed by atoms with van der Waals surface area (Å²) in [5.74, 6) is -2.14. The number of rotatable bonds is 4. The molecule has 0 amide bonds. The molecule has 21 heavy (non-hydrogen) atoms. The molecule has 1 aromatic carbocycles. The summed E-state index contributed by atoms with van der Waals surface area (Å²) in [4.78, 5) is 3.43. The standard InChI is InChI=1S/C12H8BF5NO.K/c14-11-2-1-8(3-12(11)15)7-20-10-4-9(5-19-6-10)13(16,17)18;/h1-6H,7H2;/q-1;+1. The van der Waals surface area contributed by atoms with Gasteiger partial charge in [-0.15, -0.1) is 0 Å². The number of nitrogens with zero attached hydrogens (tertiary/aromatic N) is 1. The summed E-state index contributed by atoms with van der Waals surface area (Å²) in [6, 6.07) is 3.93. The van der Waals surface area contributed by atoms with Crippen molar-refractivity contribution in [3.05, 3.63) is 53.9 Å². The van der Waals surface area contributed by atoms with Crippen molar-refractivity contribution in [3.8, 4) is 5.75 Å². The Hall–Kier alpha value is -0.479. The third kappa shape index (κ3) is 5.33. The maximum absolute atomic E-state index is 12.9. The summed E-state index contributed by atoms with van der Waals surface area (Å²) in [5, 5.41) is 0. The minimum absolute atomic E-state index is 0. The van der Waals surface area contributed by atoms with Gasteiger partial charge in [0, 0.05) is 6.20 Å². The van der Waals surface area contributed by atoms with Gasteiger partial charge in [-0.3, -0.25) is 4.98 Å². The predicted molar refractivity (Wildman–Crippen MR) is 63.6 cm³/mol. The molecule has 0 aliphatic heterocycles. The summed E-state index contributed by atoms with van der Waals surface area (Å²) in [6.45, 7) is -5.35. The molecule has 9 heteroatoms. The van der Waals surface area contributed by atoms with Gasteiger partial charge in [0.15, 0.2) is 11.6 Å². The molecule has 0 atom stereocenters. The fraction of sp³-hybridized carbons (Fsp3) is 0.0833. The Balaban J connectivity index is 0.00000220. The molecular weight excluding hydrogens is 319 g/mol. The Morgan fingerprint density at radius 3 is 2.33 bits per heavy atom. The van der Waals surface area contributed by atoms with Crippen molar-refractivity contribution in [1.29, 1.82) is 0 Å². The molecule has 1 aromatic heterocycles. The molecule has 2 nitrogen and oxygen atoms in total. The van der Waals surface area contributed by atoms with E-state index in [0.29, 0.717) is 11.8 Å². The van der Waals surface area contributed by atoms with Crippen LogP contribution >= 0.6 is 0 Å². The van der Waals surface area contributed by atoms with Crippen molar-refractivity contribution in [3.63, 3.8) is 0 Å². The molecule has 2 aromatic rings. The van der Waals surface area contributed by atoms with Gasteiger partial charge in [-0.1, -0.05) is 11.5 Å². The van der Waals surface area contributed by atoms with Crippen LogP contribution in [0.4, 0.5) is 21.7 Å². The smallest absolute Gasteiger partial charge is 0.487 e. The summed E-state index contributed by atoms with van der Waals surface area (Å²) in [5.41, 5.74) is -0.584. The monoisotopic (exact) mass is 327 g/mol. The molecule has 1 heterocycles. The van der Waals surface area contributed by atoms with Crippen LogP contribution in [0.1, 0.15) is 5.56 Å². The van der Waals surface area contributed by atoms with Crippen LogP contribution in [0.5, 0.6) is 5.75 Å². The van der Waals surface area contributed by atoms with Crippen molar-refractivity contribution in [1.82, 2.24) is 4.98 Å². The number of halogens is 5. The third-order valence-corrected chi connectivity index (χ3v) is 2.50. The molecule has 0 spiro atoms. The van der Waals surface area contributed by atoms with Gasteiger partial charge < -0.3 is 17.7 Å². The van der Waals surface area contributed by atoms with Crippen LogP contribution in [-0.4, -0.2) is 12.0 Å². The Labute approximate surface area is 160 Å². The number of hydrogen-bond acceptors (Lipinski definition) is 2. The molecule has 0 N–H and O–H groups in total. The van der Waals surface area contributed by atoms with Gasteiger partial charge >= 0.3 is 58.4 Å². The largest absolute Gasteiger partial charge is 1.00 e. The van der Waals surface area contributed by atoms with Crippen molar-refractivity contribution >= 4 is 12.4 Å². The van der Waals surface area contributed by atoms with Crippen LogP contribution in [0, 0.1) is 11.6 Å². The Kier molecular flexibility index (Phi) is 6.79. The zero-order valence-electron chi connectivity index (χ0n) is 11.0. The van der Waals surface area contributed by atoms with Gasteiger partial charge in [0.2, 0.25) is 0 Å². The minimum atomic E-state index is -5.16. The van der Waals surface area contributed by atoms with Crippen LogP contribution < -0.4 is 61.6 Å². The number of benzene rings is 1. The van der Waals surface area contributed by atoms with Gasteiger partial charge in [0.1, 0.15) is 12.4 Å². The average Bonchev–Trinajstić information content (AvgIpc) is 2.39. The molecule has 0 radical (unpaired) electrons. The van der Waals surface area contributed by atoms with E-state index in [0.717, 1.165) is 24.4 Å². The molecule has 0 fully saturated rings. The van der Waals surface area contributed by atoms with Crippen molar-refractivity contribution in [2.45, 2.75) is 6.61 Å². The van der Waals surface area contributed by atoms with E-state index in [1.807, 2.05) is 0 Å². The molecule has 0 aliphatic carbocycles. The Bertz CT molecular complexity index is 623. The van der Waals surface area contributed by atoms with E-state index in [1.54, 1.807) is 0 Å². The Morgan fingerprint density at radius 2 is 1.71 bits per heavy atom. The summed E-state index contributed by atoms with van der Waals surface area (Å²) in [7, 11) is 0. The average molecular weight is 327 g/mol. The maximum atomic E-state index is 12.9. The van der Waals surface area contributed by atoms with Gasteiger partial charge in [0.05, 0.1) is 6.20 Å². The third-order valence-electron chi connectivity index (χ3n) is 2.50.